The molecule has 0 saturated carbocycles. The highest BCUT2D eigenvalue weighted by Gasteiger charge is 2.17. The van der Waals surface area contributed by atoms with Crippen LogP contribution in [0, 0.1) is 20.8 Å². The quantitative estimate of drug-likeness (QED) is 0.556. The van der Waals surface area contributed by atoms with Gasteiger partial charge in [0, 0.05) is 10.7 Å². The molecule has 6 nitrogen and oxygen atoms in total. The largest absolute Gasteiger partial charge is 0.486 e. The number of halogens is 1. The molecule has 30 heavy (non-hydrogen) atoms. The van der Waals surface area contributed by atoms with Crippen molar-refractivity contribution < 1.29 is 14.3 Å². The fourth-order valence-corrected chi connectivity index (χ4v) is 3.75. The Morgan fingerprint density at radius 2 is 1.83 bits per heavy atom. The van der Waals surface area contributed by atoms with Crippen LogP contribution in [0.5, 0.6) is 5.75 Å². The predicted octanol–water partition coefficient (Wildman–Crippen LogP) is 4.67. The summed E-state index contributed by atoms with van der Waals surface area (Å²) in [5, 5.41) is 6.64. The maximum Gasteiger partial charge on any atom is 0.263 e. The van der Waals surface area contributed by atoms with E-state index in [4.69, 9.17) is 16.3 Å². The monoisotopic (exact) mass is 443 g/mol. The van der Waals surface area contributed by atoms with E-state index in [9.17, 15) is 9.59 Å². The summed E-state index contributed by atoms with van der Waals surface area (Å²) in [7, 11) is 0. The summed E-state index contributed by atoms with van der Waals surface area (Å²) in [6, 6.07) is 13.0. The average Bonchev–Trinajstić information content (AvgIpc) is 3.10. The van der Waals surface area contributed by atoms with E-state index in [1.54, 1.807) is 25.1 Å². The lowest BCUT2D eigenvalue weighted by Crippen LogP contribution is -2.32. The van der Waals surface area contributed by atoms with E-state index in [0.29, 0.717) is 26.3 Å². The zero-order valence-electron chi connectivity index (χ0n) is 16.9. The van der Waals surface area contributed by atoms with Crippen LogP contribution in [-0.4, -0.2) is 23.3 Å². The summed E-state index contributed by atoms with van der Waals surface area (Å²) in [4.78, 5) is 29.5. The van der Waals surface area contributed by atoms with Gasteiger partial charge < -0.3 is 15.4 Å². The van der Waals surface area contributed by atoms with E-state index >= 15 is 0 Å². The topological polar surface area (TPSA) is 80.3 Å². The van der Waals surface area contributed by atoms with Gasteiger partial charge in [-0.2, -0.15) is 0 Å². The third-order valence-electron chi connectivity index (χ3n) is 4.38. The lowest BCUT2D eigenvalue weighted by molar-refractivity contribution is -0.115. The molecule has 0 aliphatic rings. The standard InChI is InChI=1S/C22H22ClN3O3S/c1-13-7-9-16(10-8-13)29-12-20-25-15(3)21(30-20)22(28)24-11-19(27)26-18-6-4-5-17(23)14(18)2/h4-10H,11-12H2,1-3H3,(H,24,28)(H,26,27). The van der Waals surface area contributed by atoms with Crippen molar-refractivity contribution in [1.82, 2.24) is 10.3 Å². The second-order valence-corrected chi connectivity index (χ2v) is 8.26. The summed E-state index contributed by atoms with van der Waals surface area (Å²) in [5.41, 5.74) is 3.15. The smallest absolute Gasteiger partial charge is 0.263 e. The second kappa shape index (κ2) is 9.73. The van der Waals surface area contributed by atoms with Crippen LogP contribution in [-0.2, 0) is 11.4 Å². The van der Waals surface area contributed by atoms with Crippen molar-refractivity contribution >= 4 is 40.4 Å². The molecule has 1 aromatic heterocycles. The normalized spacial score (nSPS) is 10.5. The number of benzene rings is 2. The molecule has 156 valence electrons. The van der Waals surface area contributed by atoms with Crippen molar-refractivity contribution in [3.8, 4) is 5.75 Å². The van der Waals surface area contributed by atoms with E-state index in [1.807, 2.05) is 38.1 Å². The first-order chi connectivity index (χ1) is 14.3. The Hall–Kier alpha value is -2.90. The van der Waals surface area contributed by atoms with Crippen molar-refractivity contribution in [3.63, 3.8) is 0 Å². The predicted molar refractivity (Wildman–Crippen MR) is 120 cm³/mol. The lowest BCUT2D eigenvalue weighted by atomic mass is 10.2. The number of hydrogen-bond acceptors (Lipinski definition) is 5. The molecule has 2 aromatic carbocycles. The molecule has 0 fully saturated rings. The molecule has 0 saturated heterocycles. The fourth-order valence-electron chi connectivity index (χ4n) is 2.68. The number of ether oxygens (including phenoxy) is 1. The van der Waals surface area contributed by atoms with Gasteiger partial charge in [-0.15, -0.1) is 11.3 Å². The van der Waals surface area contributed by atoms with E-state index < -0.39 is 0 Å². The first-order valence-electron chi connectivity index (χ1n) is 9.32. The Labute approximate surface area is 184 Å². The number of nitrogens with zero attached hydrogens (tertiary/aromatic N) is 1. The SMILES string of the molecule is Cc1ccc(OCc2nc(C)c(C(=O)NCC(=O)Nc3cccc(Cl)c3C)s2)cc1. The van der Waals surface area contributed by atoms with Gasteiger partial charge in [0.15, 0.2) is 0 Å². The van der Waals surface area contributed by atoms with E-state index in [2.05, 4.69) is 15.6 Å². The molecule has 8 heteroatoms. The highest BCUT2D eigenvalue weighted by Crippen LogP contribution is 2.23. The molecule has 0 aliphatic carbocycles. The maximum atomic E-state index is 12.5. The molecule has 0 radical (unpaired) electrons. The number of aromatic nitrogens is 1. The fraction of sp³-hybridized carbons (Fsp3) is 0.227. The van der Waals surface area contributed by atoms with Gasteiger partial charge in [0.2, 0.25) is 5.91 Å². The minimum atomic E-state index is -0.343. The molecule has 3 aromatic rings. The average molecular weight is 444 g/mol. The number of rotatable bonds is 7. The molecular weight excluding hydrogens is 422 g/mol. The van der Waals surface area contributed by atoms with Gasteiger partial charge in [-0.25, -0.2) is 4.98 Å². The number of hydrogen-bond donors (Lipinski definition) is 2. The van der Waals surface area contributed by atoms with Crippen molar-refractivity contribution in [2.45, 2.75) is 27.4 Å². The Morgan fingerprint density at radius 1 is 1.10 bits per heavy atom. The third-order valence-corrected chi connectivity index (χ3v) is 5.92. The van der Waals surface area contributed by atoms with Crippen LogP contribution in [0.1, 0.15) is 31.5 Å². The Balaban J connectivity index is 1.54. The molecule has 2 amide bonds. The van der Waals surface area contributed by atoms with Gasteiger partial charge in [-0.3, -0.25) is 9.59 Å². The van der Waals surface area contributed by atoms with Crippen LogP contribution in [0.4, 0.5) is 5.69 Å². The molecule has 0 atom stereocenters. The van der Waals surface area contributed by atoms with Crippen molar-refractivity contribution in [3.05, 3.63) is 74.2 Å². The minimum absolute atomic E-state index is 0.155. The summed E-state index contributed by atoms with van der Waals surface area (Å²) in [5.74, 6) is 0.0656. The Morgan fingerprint density at radius 3 is 2.57 bits per heavy atom. The summed E-state index contributed by atoms with van der Waals surface area (Å²) in [6.45, 7) is 5.70. The zero-order chi connectivity index (χ0) is 21.7. The van der Waals surface area contributed by atoms with E-state index in [0.717, 1.165) is 16.9 Å². The van der Waals surface area contributed by atoms with Crippen LogP contribution in [0.25, 0.3) is 0 Å². The number of anilines is 1. The summed E-state index contributed by atoms with van der Waals surface area (Å²) >= 11 is 7.31. The molecule has 3 rings (SSSR count). The number of thiazole rings is 1. The Bertz CT molecular complexity index is 1060. The lowest BCUT2D eigenvalue weighted by Gasteiger charge is -2.10. The van der Waals surface area contributed by atoms with Gasteiger partial charge in [0.25, 0.3) is 5.91 Å². The molecule has 0 bridgehead atoms. The number of nitrogens with one attached hydrogen (secondary N) is 2. The molecule has 0 aliphatic heterocycles. The van der Waals surface area contributed by atoms with E-state index in [1.165, 1.54) is 11.3 Å². The first kappa shape index (κ1) is 21.8. The number of carbonyl (C=O) groups is 2. The number of aryl methyl sites for hydroxylation is 2. The number of carbonyl (C=O) groups excluding carboxylic acids is 2. The second-order valence-electron chi connectivity index (χ2n) is 6.77. The molecular formula is C22H22ClN3O3S. The molecule has 0 unspecified atom stereocenters. The highest BCUT2D eigenvalue weighted by atomic mass is 35.5. The van der Waals surface area contributed by atoms with Gasteiger partial charge in [0.05, 0.1) is 12.2 Å². The van der Waals surface area contributed by atoms with E-state index in [-0.39, 0.29) is 25.0 Å². The maximum absolute atomic E-state index is 12.5. The van der Waals surface area contributed by atoms with Gasteiger partial charge >= 0.3 is 0 Å². The molecule has 1 heterocycles. The van der Waals surface area contributed by atoms with Gasteiger partial charge in [-0.05, 0) is 50.6 Å². The van der Waals surface area contributed by atoms with Gasteiger partial charge in [0.1, 0.15) is 22.2 Å². The number of amides is 2. The zero-order valence-corrected chi connectivity index (χ0v) is 18.5. The van der Waals surface area contributed by atoms with Crippen molar-refractivity contribution in [2.75, 3.05) is 11.9 Å². The first-order valence-corrected chi connectivity index (χ1v) is 10.5. The summed E-state index contributed by atoms with van der Waals surface area (Å²) in [6.07, 6.45) is 0. The van der Waals surface area contributed by atoms with Crippen LogP contribution in [0.3, 0.4) is 0 Å². The van der Waals surface area contributed by atoms with Gasteiger partial charge in [-0.1, -0.05) is 35.4 Å². The minimum Gasteiger partial charge on any atom is -0.486 e. The summed E-state index contributed by atoms with van der Waals surface area (Å²) < 4.78 is 5.72. The van der Waals surface area contributed by atoms with Crippen molar-refractivity contribution in [1.29, 1.82) is 0 Å². The molecule has 0 spiro atoms. The Kier molecular flexibility index (Phi) is 7.07. The third kappa shape index (κ3) is 5.58. The van der Waals surface area contributed by atoms with Crippen LogP contribution < -0.4 is 15.4 Å². The van der Waals surface area contributed by atoms with Crippen LogP contribution in [0.15, 0.2) is 42.5 Å². The molecule has 2 N–H and O–H groups in total. The van der Waals surface area contributed by atoms with Crippen LogP contribution >= 0.6 is 22.9 Å². The van der Waals surface area contributed by atoms with Crippen molar-refractivity contribution in [2.24, 2.45) is 0 Å². The van der Waals surface area contributed by atoms with Crippen LogP contribution in [0.2, 0.25) is 5.02 Å². The highest BCUT2D eigenvalue weighted by molar-refractivity contribution is 7.13.